The summed E-state index contributed by atoms with van der Waals surface area (Å²) in [4.78, 5) is 0. The van der Waals surface area contributed by atoms with Crippen molar-refractivity contribution in [1.29, 1.82) is 0 Å². The molecule has 2 heteroatoms. The van der Waals surface area contributed by atoms with E-state index in [1.54, 1.807) is 0 Å². The van der Waals surface area contributed by atoms with Crippen molar-refractivity contribution in [1.82, 2.24) is 0 Å². The molecule has 1 aromatic carbocycles. The van der Waals surface area contributed by atoms with Crippen molar-refractivity contribution in [2.45, 2.75) is 38.6 Å². The van der Waals surface area contributed by atoms with Crippen LogP contribution in [0, 0.1) is 12.3 Å². The van der Waals surface area contributed by atoms with Gasteiger partial charge in [0.15, 0.2) is 6.10 Å². The van der Waals surface area contributed by atoms with Gasteiger partial charge in [0.1, 0.15) is 5.75 Å². The molecule has 0 saturated heterocycles. The number of rotatable bonds is 1. The Labute approximate surface area is 98.8 Å². The van der Waals surface area contributed by atoms with Crippen LogP contribution in [0.3, 0.4) is 0 Å². The number of para-hydroxylation sites is 1. The molecule has 0 aliphatic carbocycles. The van der Waals surface area contributed by atoms with Gasteiger partial charge in [0.05, 0.1) is 8.07 Å². The third-order valence-corrected chi connectivity index (χ3v) is 5.04. The number of aryl methyl sites for hydroxylation is 1. The van der Waals surface area contributed by atoms with Gasteiger partial charge in [-0.05, 0) is 23.6 Å². The molecule has 1 heterocycles. The van der Waals surface area contributed by atoms with Crippen LogP contribution in [0.2, 0.25) is 19.6 Å². The Morgan fingerprint density at radius 3 is 2.75 bits per heavy atom. The highest BCUT2D eigenvalue weighted by molar-refractivity contribution is 6.89. The van der Waals surface area contributed by atoms with E-state index in [1.807, 2.05) is 0 Å². The second-order valence-electron chi connectivity index (χ2n) is 5.36. The Hall–Kier alpha value is -1.20. The van der Waals surface area contributed by atoms with Crippen LogP contribution < -0.4 is 9.92 Å². The summed E-state index contributed by atoms with van der Waals surface area (Å²) in [5.74, 6) is 3.80. The molecule has 2 rings (SSSR count). The Bertz CT molecular complexity index is 437. The average molecular weight is 230 g/mol. The average Bonchev–Trinajstić information content (AvgIpc) is 2.26. The Morgan fingerprint density at radius 2 is 2.12 bits per heavy atom. The molecule has 0 fully saturated rings. The summed E-state index contributed by atoms with van der Waals surface area (Å²) in [5.41, 5.74) is 1.33. The summed E-state index contributed by atoms with van der Waals surface area (Å²) < 4.78 is 5.94. The minimum atomic E-state index is -1.35. The fraction of sp³-hybridized carbons (Fsp3) is 0.429. The topological polar surface area (TPSA) is 9.23 Å². The van der Waals surface area contributed by atoms with Crippen molar-refractivity contribution in [2.75, 3.05) is 0 Å². The molecule has 1 atom stereocenters. The summed E-state index contributed by atoms with van der Waals surface area (Å²) in [5, 5.41) is 1.39. The molecule has 1 aliphatic rings. The second kappa shape index (κ2) is 3.99. The summed E-state index contributed by atoms with van der Waals surface area (Å²) in [6, 6.07) is 6.50. The summed E-state index contributed by atoms with van der Waals surface area (Å²) in [6.45, 7) is 7.02. The molecular weight excluding hydrogens is 212 g/mol. The zero-order chi connectivity index (χ0) is 11.8. The van der Waals surface area contributed by atoms with E-state index in [1.165, 1.54) is 10.8 Å². The smallest absolute Gasteiger partial charge is 0.159 e. The summed E-state index contributed by atoms with van der Waals surface area (Å²) in [6.07, 6.45) is 7.41. The van der Waals surface area contributed by atoms with Gasteiger partial charge in [-0.15, -0.1) is 6.42 Å². The van der Waals surface area contributed by atoms with E-state index in [0.29, 0.717) is 0 Å². The predicted molar refractivity (Wildman–Crippen MR) is 71.0 cm³/mol. The molecule has 0 spiro atoms. The van der Waals surface area contributed by atoms with E-state index in [2.05, 4.69) is 43.8 Å². The Balaban J connectivity index is 2.47. The first-order valence-electron chi connectivity index (χ1n) is 5.77. The van der Waals surface area contributed by atoms with Crippen molar-refractivity contribution < 1.29 is 4.74 Å². The van der Waals surface area contributed by atoms with Crippen molar-refractivity contribution >= 4 is 13.3 Å². The quantitative estimate of drug-likeness (QED) is 0.532. The van der Waals surface area contributed by atoms with E-state index in [-0.39, 0.29) is 6.10 Å². The Kier molecular flexibility index (Phi) is 2.81. The normalized spacial score (nSPS) is 19.5. The molecular formula is C14H18OSi. The van der Waals surface area contributed by atoms with Gasteiger partial charge in [0.25, 0.3) is 0 Å². The van der Waals surface area contributed by atoms with E-state index in [0.717, 1.165) is 18.6 Å². The number of ether oxygens (including phenoxy) is 1. The predicted octanol–water partition coefficient (Wildman–Crippen LogP) is 2.56. The fourth-order valence-electron chi connectivity index (χ4n) is 2.12. The SMILES string of the molecule is C#CC1CCc2cccc([Si](C)(C)C)c2O1. The van der Waals surface area contributed by atoms with Crippen LogP contribution in [0.25, 0.3) is 0 Å². The maximum Gasteiger partial charge on any atom is 0.159 e. The molecule has 0 amide bonds. The number of hydrogen-bond donors (Lipinski definition) is 0. The molecule has 1 nitrogen and oxygen atoms in total. The summed E-state index contributed by atoms with van der Waals surface area (Å²) >= 11 is 0. The molecule has 1 aromatic rings. The minimum Gasteiger partial charge on any atom is -0.478 e. The third kappa shape index (κ3) is 2.01. The Morgan fingerprint density at radius 1 is 1.38 bits per heavy atom. The number of hydrogen-bond acceptors (Lipinski definition) is 1. The number of terminal acetylenes is 1. The molecule has 0 N–H and O–H groups in total. The molecule has 0 bridgehead atoms. The van der Waals surface area contributed by atoms with E-state index >= 15 is 0 Å². The lowest BCUT2D eigenvalue weighted by atomic mass is 10.0. The zero-order valence-corrected chi connectivity index (χ0v) is 11.2. The molecule has 84 valence electrons. The second-order valence-corrected chi connectivity index (χ2v) is 10.4. The molecule has 0 aromatic heterocycles. The van der Waals surface area contributed by atoms with Gasteiger partial charge in [-0.3, -0.25) is 0 Å². The summed E-state index contributed by atoms with van der Waals surface area (Å²) in [7, 11) is -1.35. The van der Waals surface area contributed by atoms with Crippen LogP contribution in [-0.2, 0) is 6.42 Å². The molecule has 0 radical (unpaired) electrons. The van der Waals surface area contributed by atoms with Crippen LogP contribution in [0.15, 0.2) is 18.2 Å². The van der Waals surface area contributed by atoms with Gasteiger partial charge in [0.2, 0.25) is 0 Å². The monoisotopic (exact) mass is 230 g/mol. The van der Waals surface area contributed by atoms with Crippen LogP contribution in [-0.4, -0.2) is 14.2 Å². The highest BCUT2D eigenvalue weighted by Crippen LogP contribution is 2.27. The lowest BCUT2D eigenvalue weighted by molar-refractivity contribution is 0.229. The lowest BCUT2D eigenvalue weighted by Gasteiger charge is -2.28. The van der Waals surface area contributed by atoms with Crippen molar-refractivity contribution in [3.05, 3.63) is 23.8 Å². The first kappa shape index (κ1) is 11.3. The first-order chi connectivity index (χ1) is 7.52. The molecule has 1 aliphatic heterocycles. The van der Waals surface area contributed by atoms with E-state index < -0.39 is 8.07 Å². The molecule has 0 saturated carbocycles. The van der Waals surface area contributed by atoms with Gasteiger partial charge in [0, 0.05) is 0 Å². The third-order valence-electron chi connectivity index (χ3n) is 3.03. The first-order valence-corrected chi connectivity index (χ1v) is 9.27. The standard InChI is InChI=1S/C14H18OSi/c1-5-12-10-9-11-7-6-8-13(14(11)15-12)16(2,3)4/h1,6-8,12H,9-10H2,2-4H3. The van der Waals surface area contributed by atoms with Crippen molar-refractivity contribution in [2.24, 2.45) is 0 Å². The van der Waals surface area contributed by atoms with Crippen molar-refractivity contribution in [3.63, 3.8) is 0 Å². The molecule has 16 heavy (non-hydrogen) atoms. The number of benzene rings is 1. The van der Waals surface area contributed by atoms with E-state index in [4.69, 9.17) is 11.2 Å². The highest BCUT2D eigenvalue weighted by atomic mass is 28.3. The van der Waals surface area contributed by atoms with Crippen LogP contribution >= 0.6 is 0 Å². The van der Waals surface area contributed by atoms with Crippen molar-refractivity contribution in [3.8, 4) is 18.1 Å². The zero-order valence-electron chi connectivity index (χ0n) is 10.2. The fourth-order valence-corrected chi connectivity index (χ4v) is 3.61. The van der Waals surface area contributed by atoms with Gasteiger partial charge >= 0.3 is 0 Å². The van der Waals surface area contributed by atoms with Crippen LogP contribution in [0.1, 0.15) is 12.0 Å². The maximum absolute atomic E-state index is 5.94. The van der Waals surface area contributed by atoms with Gasteiger partial charge in [-0.25, -0.2) is 0 Å². The highest BCUT2D eigenvalue weighted by Gasteiger charge is 2.27. The largest absolute Gasteiger partial charge is 0.478 e. The van der Waals surface area contributed by atoms with E-state index in [9.17, 15) is 0 Å². The molecule has 1 unspecified atom stereocenters. The number of fused-ring (bicyclic) bond motifs is 1. The minimum absolute atomic E-state index is 0.0370. The van der Waals surface area contributed by atoms with Crippen LogP contribution in [0.5, 0.6) is 5.75 Å². The van der Waals surface area contributed by atoms with Gasteiger partial charge < -0.3 is 4.74 Å². The lowest BCUT2D eigenvalue weighted by Crippen LogP contribution is -2.41. The van der Waals surface area contributed by atoms with Crippen LogP contribution in [0.4, 0.5) is 0 Å². The van der Waals surface area contributed by atoms with Gasteiger partial charge in [-0.1, -0.05) is 43.8 Å². The van der Waals surface area contributed by atoms with Gasteiger partial charge in [-0.2, -0.15) is 0 Å². The maximum atomic E-state index is 5.94.